The number of hydrogen-bond donors (Lipinski definition) is 1. The second-order valence-corrected chi connectivity index (χ2v) is 11.2. The van der Waals surface area contributed by atoms with Gasteiger partial charge in [-0.1, -0.05) is 39.0 Å². The number of halogens is 1. The van der Waals surface area contributed by atoms with Gasteiger partial charge in [0.1, 0.15) is 17.4 Å². The maximum absolute atomic E-state index is 14.5. The summed E-state index contributed by atoms with van der Waals surface area (Å²) in [5.41, 5.74) is 2.87. The number of carbonyl (C=O) groups is 2. The van der Waals surface area contributed by atoms with Gasteiger partial charge in [0, 0.05) is 24.5 Å². The van der Waals surface area contributed by atoms with E-state index in [-0.39, 0.29) is 29.0 Å². The van der Waals surface area contributed by atoms with Crippen molar-refractivity contribution in [2.24, 2.45) is 23.2 Å². The molecule has 0 bridgehead atoms. The average Bonchev–Trinajstić information content (AvgIpc) is 3.08. The lowest BCUT2D eigenvalue weighted by molar-refractivity contribution is -0.129. The molecule has 5 rings (SSSR count). The van der Waals surface area contributed by atoms with Crippen LogP contribution < -0.4 is 5.32 Å². The molecule has 1 aromatic heterocycles. The Balaban J connectivity index is 1.29. The average molecular weight is 463 g/mol. The van der Waals surface area contributed by atoms with Crippen LogP contribution in [0.3, 0.4) is 0 Å². The zero-order chi connectivity index (χ0) is 24.0. The third-order valence-electron chi connectivity index (χ3n) is 9.03. The second-order valence-electron chi connectivity index (χ2n) is 11.2. The van der Waals surface area contributed by atoms with E-state index >= 15 is 0 Å². The molecule has 5 heteroatoms. The second kappa shape index (κ2) is 8.90. The van der Waals surface area contributed by atoms with Crippen LogP contribution in [0.15, 0.2) is 36.5 Å². The van der Waals surface area contributed by atoms with Crippen molar-refractivity contribution in [2.45, 2.75) is 77.6 Å². The van der Waals surface area contributed by atoms with Gasteiger partial charge in [0.25, 0.3) is 0 Å². The number of pyridine rings is 1. The van der Waals surface area contributed by atoms with Gasteiger partial charge in [-0.25, -0.2) is 9.37 Å². The van der Waals surface area contributed by atoms with Crippen molar-refractivity contribution in [1.29, 1.82) is 0 Å². The molecule has 34 heavy (non-hydrogen) atoms. The lowest BCUT2D eigenvalue weighted by atomic mass is 9.54. The number of rotatable bonds is 5. The molecule has 180 valence electrons. The van der Waals surface area contributed by atoms with Crippen molar-refractivity contribution in [2.75, 3.05) is 5.32 Å². The Morgan fingerprint density at radius 1 is 1.24 bits per heavy atom. The number of aromatic nitrogens is 1. The van der Waals surface area contributed by atoms with Gasteiger partial charge < -0.3 is 5.32 Å². The maximum atomic E-state index is 14.5. The Labute approximate surface area is 201 Å². The van der Waals surface area contributed by atoms with E-state index in [1.54, 1.807) is 6.07 Å². The first kappa shape index (κ1) is 23.2. The minimum Gasteiger partial charge on any atom is -0.311 e. The highest BCUT2D eigenvalue weighted by atomic mass is 19.1. The molecule has 3 aliphatic rings. The quantitative estimate of drug-likeness (QED) is 0.558. The number of nitrogens with one attached hydrogen (secondary N) is 1. The van der Waals surface area contributed by atoms with Gasteiger partial charge in [-0.05, 0) is 90.5 Å². The van der Waals surface area contributed by atoms with Gasteiger partial charge in [0.2, 0.25) is 5.91 Å². The highest BCUT2D eigenvalue weighted by molar-refractivity contribution is 5.90. The number of nitrogens with zero attached hydrogens (tertiary/aromatic N) is 1. The first-order chi connectivity index (χ1) is 16.3. The van der Waals surface area contributed by atoms with E-state index in [4.69, 9.17) is 0 Å². The van der Waals surface area contributed by atoms with Crippen LogP contribution in [0, 0.1) is 29.0 Å². The van der Waals surface area contributed by atoms with Crippen molar-refractivity contribution >= 4 is 17.5 Å². The van der Waals surface area contributed by atoms with Crippen LogP contribution >= 0.6 is 0 Å². The molecular formula is C29H35FN2O2. The summed E-state index contributed by atoms with van der Waals surface area (Å²) < 4.78 is 14.5. The van der Waals surface area contributed by atoms with Crippen LogP contribution in [0.5, 0.6) is 0 Å². The minimum absolute atomic E-state index is 0.0470. The molecular weight excluding hydrogens is 427 g/mol. The summed E-state index contributed by atoms with van der Waals surface area (Å²) in [7, 11) is 0. The molecule has 0 radical (unpaired) electrons. The van der Waals surface area contributed by atoms with Gasteiger partial charge in [-0.2, -0.15) is 0 Å². The predicted octanol–water partition coefficient (Wildman–Crippen LogP) is 6.41. The molecule has 3 unspecified atom stereocenters. The van der Waals surface area contributed by atoms with E-state index < -0.39 is 0 Å². The Bertz CT molecular complexity index is 1100. The van der Waals surface area contributed by atoms with Crippen molar-refractivity contribution in [3.8, 4) is 0 Å². The summed E-state index contributed by atoms with van der Waals surface area (Å²) in [4.78, 5) is 30.3. The smallest absolute Gasteiger partial charge is 0.225 e. The lowest BCUT2D eigenvalue weighted by Crippen LogP contribution is -2.44. The number of Topliss-reactive ketones (excluding diaryl/α,β-unsaturated/α-hetero) is 1. The summed E-state index contributed by atoms with van der Waals surface area (Å²) in [5.74, 6) is 2.39. The van der Waals surface area contributed by atoms with Crippen molar-refractivity contribution < 1.29 is 14.0 Å². The number of ketones is 1. The van der Waals surface area contributed by atoms with Gasteiger partial charge in [0.15, 0.2) is 0 Å². The molecule has 5 atom stereocenters. The standard InChI is InChI=1S/C29H35FN2O2/c1-17(2)19-7-11-26(31-16-19)32-27(34)12-8-18-15-25(33)29(3)14-13-21-20-5-4-6-24(30)22(20)9-10-23(21)28(18)29/h4-7,11,16-18,21,23,28H,8-10,12-15H2,1-3H3,(H,31,32,34)/t18-,21?,23?,28?,29-/m1/s1. The largest absolute Gasteiger partial charge is 0.311 e. The third kappa shape index (κ3) is 3.97. The maximum Gasteiger partial charge on any atom is 0.225 e. The van der Waals surface area contributed by atoms with Gasteiger partial charge in [0.05, 0.1) is 0 Å². The summed E-state index contributed by atoms with van der Waals surface area (Å²) in [6.07, 6.45) is 6.97. The summed E-state index contributed by atoms with van der Waals surface area (Å²) >= 11 is 0. The highest BCUT2D eigenvalue weighted by Crippen LogP contribution is 2.62. The van der Waals surface area contributed by atoms with Gasteiger partial charge in [-0.3, -0.25) is 9.59 Å². The molecule has 1 heterocycles. The molecule has 2 fully saturated rings. The Morgan fingerprint density at radius 2 is 2.06 bits per heavy atom. The zero-order valence-electron chi connectivity index (χ0n) is 20.4. The van der Waals surface area contributed by atoms with Crippen molar-refractivity contribution in [1.82, 2.24) is 4.98 Å². The van der Waals surface area contributed by atoms with Crippen LogP contribution in [0.25, 0.3) is 0 Å². The fraction of sp³-hybridized carbons (Fsp3) is 0.552. The zero-order valence-corrected chi connectivity index (χ0v) is 20.4. The van der Waals surface area contributed by atoms with E-state index in [9.17, 15) is 14.0 Å². The number of amides is 1. The van der Waals surface area contributed by atoms with E-state index in [2.05, 4.69) is 37.1 Å². The van der Waals surface area contributed by atoms with Crippen LogP contribution in [-0.4, -0.2) is 16.7 Å². The van der Waals surface area contributed by atoms with Gasteiger partial charge >= 0.3 is 0 Å². The molecule has 2 saturated carbocycles. The molecule has 3 aliphatic carbocycles. The number of carbonyl (C=O) groups excluding carboxylic acids is 2. The SMILES string of the molecule is CC(C)c1ccc(NC(=O)CC[C@@H]2CC(=O)[C@@]3(C)CCC4c5cccc(F)c5CCC4C23)nc1. The molecule has 0 saturated heterocycles. The first-order valence-electron chi connectivity index (χ1n) is 12.8. The van der Waals surface area contributed by atoms with E-state index in [1.807, 2.05) is 24.4 Å². The molecule has 0 spiro atoms. The molecule has 1 N–H and O–H groups in total. The normalized spacial score (nSPS) is 30.0. The number of hydrogen-bond acceptors (Lipinski definition) is 3. The van der Waals surface area contributed by atoms with Gasteiger partial charge in [-0.15, -0.1) is 0 Å². The molecule has 2 aromatic rings. The Kier molecular flexibility index (Phi) is 6.07. The number of fused-ring (bicyclic) bond motifs is 5. The number of anilines is 1. The third-order valence-corrected chi connectivity index (χ3v) is 9.03. The fourth-order valence-corrected chi connectivity index (χ4v) is 7.24. The van der Waals surface area contributed by atoms with E-state index in [0.717, 1.165) is 42.4 Å². The lowest BCUT2D eigenvalue weighted by Gasteiger charge is -2.50. The number of benzene rings is 1. The predicted molar refractivity (Wildman–Crippen MR) is 131 cm³/mol. The topological polar surface area (TPSA) is 59.1 Å². The summed E-state index contributed by atoms with van der Waals surface area (Å²) in [5, 5.41) is 2.92. The van der Waals surface area contributed by atoms with Crippen LogP contribution in [0.2, 0.25) is 0 Å². The molecule has 0 aliphatic heterocycles. The molecule has 1 aromatic carbocycles. The Morgan fingerprint density at radius 3 is 2.79 bits per heavy atom. The summed E-state index contributed by atoms with van der Waals surface area (Å²) in [6.45, 7) is 6.38. The van der Waals surface area contributed by atoms with Crippen LogP contribution in [0.1, 0.15) is 87.8 Å². The molecule has 4 nitrogen and oxygen atoms in total. The first-order valence-corrected chi connectivity index (χ1v) is 12.8. The fourth-order valence-electron chi connectivity index (χ4n) is 7.24. The van der Waals surface area contributed by atoms with E-state index in [0.29, 0.717) is 48.6 Å². The van der Waals surface area contributed by atoms with Crippen LogP contribution in [-0.2, 0) is 16.0 Å². The minimum atomic E-state index is -0.304. The van der Waals surface area contributed by atoms with E-state index in [1.165, 1.54) is 0 Å². The summed E-state index contributed by atoms with van der Waals surface area (Å²) in [6, 6.07) is 9.34. The van der Waals surface area contributed by atoms with Crippen LogP contribution in [0.4, 0.5) is 10.2 Å². The highest BCUT2D eigenvalue weighted by Gasteiger charge is 2.58. The van der Waals surface area contributed by atoms with Crippen molar-refractivity contribution in [3.05, 3.63) is 59.0 Å². The van der Waals surface area contributed by atoms with Crippen molar-refractivity contribution in [3.63, 3.8) is 0 Å². The Hall–Kier alpha value is -2.56. The molecule has 1 amide bonds. The monoisotopic (exact) mass is 462 g/mol.